The fourth-order valence-electron chi connectivity index (χ4n) is 3.28. The zero-order valence-electron chi connectivity index (χ0n) is 12.7. The summed E-state index contributed by atoms with van der Waals surface area (Å²) in [6, 6.07) is 4.27. The molecule has 4 amide bonds. The summed E-state index contributed by atoms with van der Waals surface area (Å²) in [5.41, 5.74) is 5.70. The average molecular weight is 315 g/mol. The highest BCUT2D eigenvalue weighted by Gasteiger charge is 2.42. The Kier molecular flexibility index (Phi) is 3.63. The van der Waals surface area contributed by atoms with Gasteiger partial charge in [0.05, 0.1) is 16.7 Å². The van der Waals surface area contributed by atoms with Crippen molar-refractivity contribution in [3.8, 4) is 0 Å². The normalized spacial score (nSPS) is 18.3. The molecule has 1 aromatic rings. The van der Waals surface area contributed by atoms with Crippen LogP contribution in [0.15, 0.2) is 18.2 Å². The van der Waals surface area contributed by atoms with Crippen molar-refractivity contribution in [1.29, 1.82) is 0 Å². The van der Waals surface area contributed by atoms with Gasteiger partial charge >= 0.3 is 0 Å². The first-order valence-electron chi connectivity index (χ1n) is 7.48. The standard InChI is InChI=1S/C16H17N3O4/c1-9(20)18-7-5-10(6-8-18)19-15(22)12-4-2-3-11(14(17)21)13(12)16(19)23/h2-4,10H,5-8H2,1H3,(H2,17,21). The van der Waals surface area contributed by atoms with Crippen LogP contribution in [-0.4, -0.2) is 52.6 Å². The van der Waals surface area contributed by atoms with Gasteiger partial charge in [-0.05, 0) is 25.0 Å². The van der Waals surface area contributed by atoms with Gasteiger partial charge in [0.25, 0.3) is 11.8 Å². The van der Waals surface area contributed by atoms with E-state index < -0.39 is 17.7 Å². The lowest BCUT2D eigenvalue weighted by Crippen LogP contribution is -2.48. The van der Waals surface area contributed by atoms with Crippen LogP contribution < -0.4 is 5.73 Å². The third kappa shape index (κ3) is 2.38. The van der Waals surface area contributed by atoms with Crippen molar-refractivity contribution in [2.75, 3.05) is 13.1 Å². The maximum atomic E-state index is 12.7. The van der Waals surface area contributed by atoms with Gasteiger partial charge in [-0.3, -0.25) is 24.1 Å². The van der Waals surface area contributed by atoms with Gasteiger partial charge in [-0.2, -0.15) is 0 Å². The predicted molar refractivity (Wildman–Crippen MR) is 80.7 cm³/mol. The Morgan fingerprint density at radius 2 is 1.78 bits per heavy atom. The smallest absolute Gasteiger partial charge is 0.262 e. The number of piperidine rings is 1. The number of hydrogen-bond donors (Lipinski definition) is 1. The monoisotopic (exact) mass is 315 g/mol. The number of rotatable bonds is 2. The van der Waals surface area contributed by atoms with Crippen molar-refractivity contribution in [2.24, 2.45) is 5.73 Å². The first-order valence-corrected chi connectivity index (χ1v) is 7.48. The molecule has 0 saturated carbocycles. The molecule has 0 unspecified atom stereocenters. The van der Waals surface area contributed by atoms with E-state index in [1.54, 1.807) is 11.0 Å². The number of fused-ring (bicyclic) bond motifs is 1. The van der Waals surface area contributed by atoms with Crippen molar-refractivity contribution in [3.63, 3.8) is 0 Å². The molecular formula is C16H17N3O4. The number of amides is 4. The lowest BCUT2D eigenvalue weighted by atomic mass is 10.0. The molecule has 0 atom stereocenters. The van der Waals surface area contributed by atoms with Gasteiger partial charge in [0.1, 0.15) is 0 Å². The highest BCUT2D eigenvalue weighted by Crippen LogP contribution is 2.30. The minimum atomic E-state index is -0.726. The topological polar surface area (TPSA) is 101 Å². The number of nitrogens with two attached hydrogens (primary N) is 1. The highest BCUT2D eigenvalue weighted by molar-refractivity contribution is 6.25. The molecule has 23 heavy (non-hydrogen) atoms. The molecule has 2 aliphatic rings. The molecule has 0 radical (unpaired) electrons. The van der Waals surface area contributed by atoms with Crippen LogP contribution in [0.1, 0.15) is 50.8 Å². The molecule has 1 fully saturated rings. The zero-order valence-corrected chi connectivity index (χ0v) is 12.7. The molecule has 120 valence electrons. The Balaban J connectivity index is 1.88. The lowest BCUT2D eigenvalue weighted by molar-refractivity contribution is -0.130. The molecule has 0 spiro atoms. The van der Waals surface area contributed by atoms with E-state index in [0.29, 0.717) is 25.9 Å². The summed E-state index contributed by atoms with van der Waals surface area (Å²) in [6.07, 6.45) is 1.08. The van der Waals surface area contributed by atoms with Crippen LogP contribution in [-0.2, 0) is 4.79 Å². The van der Waals surface area contributed by atoms with E-state index in [-0.39, 0.29) is 28.6 Å². The molecule has 0 bridgehead atoms. The summed E-state index contributed by atoms with van der Waals surface area (Å²) < 4.78 is 0. The summed E-state index contributed by atoms with van der Waals surface area (Å²) >= 11 is 0. The summed E-state index contributed by atoms with van der Waals surface area (Å²) in [5.74, 6) is -1.60. The van der Waals surface area contributed by atoms with Gasteiger partial charge in [0.15, 0.2) is 0 Å². The largest absolute Gasteiger partial charge is 0.366 e. The van der Waals surface area contributed by atoms with E-state index in [1.165, 1.54) is 24.0 Å². The second-order valence-electron chi connectivity index (χ2n) is 5.81. The van der Waals surface area contributed by atoms with Crippen molar-refractivity contribution in [2.45, 2.75) is 25.8 Å². The molecule has 1 saturated heterocycles. The number of carbonyl (C=O) groups excluding carboxylic acids is 4. The minimum absolute atomic E-state index is 0.0122. The third-order valence-electron chi connectivity index (χ3n) is 4.49. The average Bonchev–Trinajstić information content (AvgIpc) is 2.79. The van der Waals surface area contributed by atoms with Gasteiger partial charge < -0.3 is 10.6 Å². The van der Waals surface area contributed by atoms with Crippen LogP contribution in [0.25, 0.3) is 0 Å². The van der Waals surface area contributed by atoms with Gasteiger partial charge in [-0.1, -0.05) is 6.07 Å². The molecule has 7 nitrogen and oxygen atoms in total. The maximum Gasteiger partial charge on any atom is 0.262 e. The molecule has 0 aliphatic carbocycles. The number of primary amides is 1. The van der Waals surface area contributed by atoms with Crippen LogP contribution in [0.3, 0.4) is 0 Å². The number of carbonyl (C=O) groups is 4. The summed E-state index contributed by atoms with van der Waals surface area (Å²) in [5, 5.41) is 0. The quantitative estimate of drug-likeness (QED) is 0.798. The Bertz CT molecular complexity index is 720. The first-order chi connectivity index (χ1) is 10.9. The van der Waals surface area contributed by atoms with E-state index >= 15 is 0 Å². The molecule has 3 rings (SSSR count). The molecule has 2 aliphatic heterocycles. The Hall–Kier alpha value is -2.70. The molecule has 1 aromatic carbocycles. The van der Waals surface area contributed by atoms with Gasteiger partial charge in [-0.15, -0.1) is 0 Å². The zero-order chi connectivity index (χ0) is 16.7. The highest BCUT2D eigenvalue weighted by atomic mass is 16.2. The number of hydrogen-bond acceptors (Lipinski definition) is 4. The van der Waals surface area contributed by atoms with E-state index in [0.717, 1.165) is 0 Å². The van der Waals surface area contributed by atoms with Crippen LogP contribution in [0, 0.1) is 0 Å². The number of imide groups is 1. The minimum Gasteiger partial charge on any atom is -0.366 e. The van der Waals surface area contributed by atoms with E-state index in [1.807, 2.05) is 0 Å². The van der Waals surface area contributed by atoms with E-state index in [2.05, 4.69) is 0 Å². The molecule has 2 heterocycles. The van der Waals surface area contributed by atoms with E-state index in [9.17, 15) is 19.2 Å². The third-order valence-corrected chi connectivity index (χ3v) is 4.49. The van der Waals surface area contributed by atoms with Gasteiger partial charge in [0, 0.05) is 26.1 Å². The van der Waals surface area contributed by atoms with Crippen molar-refractivity contribution < 1.29 is 19.2 Å². The fourth-order valence-corrected chi connectivity index (χ4v) is 3.28. The summed E-state index contributed by atoms with van der Waals surface area (Å²) in [7, 11) is 0. The second-order valence-corrected chi connectivity index (χ2v) is 5.81. The fraction of sp³-hybridized carbons (Fsp3) is 0.375. The maximum absolute atomic E-state index is 12.7. The van der Waals surface area contributed by atoms with E-state index in [4.69, 9.17) is 5.73 Å². The Morgan fingerprint density at radius 3 is 2.35 bits per heavy atom. The first kappa shape index (κ1) is 15.2. The van der Waals surface area contributed by atoms with Gasteiger partial charge in [-0.25, -0.2) is 0 Å². The SMILES string of the molecule is CC(=O)N1CCC(N2C(=O)c3cccc(C(N)=O)c3C2=O)CC1. The summed E-state index contributed by atoms with van der Waals surface area (Å²) in [4.78, 5) is 51.0. The Labute approximate surface area is 133 Å². The van der Waals surface area contributed by atoms with Crippen molar-refractivity contribution >= 4 is 23.6 Å². The second kappa shape index (κ2) is 5.49. The summed E-state index contributed by atoms with van der Waals surface area (Å²) in [6.45, 7) is 2.52. The van der Waals surface area contributed by atoms with Crippen LogP contribution in [0.4, 0.5) is 0 Å². The number of nitrogens with zero attached hydrogens (tertiary/aromatic N) is 2. The molecule has 2 N–H and O–H groups in total. The van der Waals surface area contributed by atoms with Gasteiger partial charge in [0.2, 0.25) is 11.8 Å². The number of benzene rings is 1. The van der Waals surface area contributed by atoms with Crippen molar-refractivity contribution in [1.82, 2.24) is 9.80 Å². The van der Waals surface area contributed by atoms with Crippen molar-refractivity contribution in [3.05, 3.63) is 34.9 Å². The van der Waals surface area contributed by atoms with Crippen LogP contribution in [0.2, 0.25) is 0 Å². The predicted octanol–water partition coefficient (Wildman–Crippen LogP) is 0.392. The van der Waals surface area contributed by atoms with Crippen LogP contribution >= 0.6 is 0 Å². The Morgan fingerprint density at radius 1 is 1.13 bits per heavy atom. The lowest BCUT2D eigenvalue weighted by Gasteiger charge is -2.35. The number of likely N-dealkylation sites (tertiary alicyclic amines) is 1. The molecular weight excluding hydrogens is 298 g/mol. The molecule has 7 heteroatoms. The molecule has 0 aromatic heterocycles. The van der Waals surface area contributed by atoms with Crippen LogP contribution in [0.5, 0.6) is 0 Å².